The van der Waals surface area contributed by atoms with Crippen LogP contribution in [0.1, 0.15) is 5.56 Å². The molecule has 7 nitrogen and oxygen atoms in total. The molecule has 2 heterocycles. The minimum absolute atomic E-state index is 0.0213. The number of benzene rings is 1. The Morgan fingerprint density at radius 3 is 2.68 bits per heavy atom. The van der Waals surface area contributed by atoms with Crippen molar-refractivity contribution in [1.29, 1.82) is 0 Å². The maximum atomic E-state index is 9.76. The Labute approximate surface area is 130 Å². The number of H-pyrrole nitrogens is 1. The van der Waals surface area contributed by atoms with Crippen LogP contribution >= 0.6 is 12.2 Å². The number of phenols is 2. The summed E-state index contributed by atoms with van der Waals surface area (Å²) < 4.78 is 1.76. The molecule has 0 aliphatic carbocycles. The van der Waals surface area contributed by atoms with Crippen molar-refractivity contribution >= 4 is 18.4 Å². The van der Waals surface area contributed by atoms with Gasteiger partial charge in [0.05, 0.1) is 6.21 Å². The molecule has 110 valence electrons. The Bertz CT molecular complexity index is 886. The van der Waals surface area contributed by atoms with Crippen LogP contribution in [-0.4, -0.2) is 36.3 Å². The second kappa shape index (κ2) is 5.78. The van der Waals surface area contributed by atoms with E-state index in [1.54, 1.807) is 30.6 Å². The van der Waals surface area contributed by atoms with E-state index in [0.29, 0.717) is 16.2 Å². The molecule has 0 saturated carbocycles. The molecule has 0 bridgehead atoms. The summed E-state index contributed by atoms with van der Waals surface area (Å²) in [5.41, 5.74) is 1.25. The predicted molar refractivity (Wildman–Crippen MR) is 83.4 cm³/mol. The fraction of sp³-hybridized carbons (Fsp3) is 0. The fourth-order valence-electron chi connectivity index (χ4n) is 1.85. The number of nitrogens with zero attached hydrogens (tertiary/aromatic N) is 4. The number of aromatic amines is 1. The van der Waals surface area contributed by atoms with E-state index < -0.39 is 0 Å². The van der Waals surface area contributed by atoms with Gasteiger partial charge in [-0.15, -0.1) is 0 Å². The number of nitrogens with one attached hydrogen (secondary N) is 1. The molecule has 0 aliphatic rings. The Kier molecular flexibility index (Phi) is 3.67. The zero-order valence-electron chi connectivity index (χ0n) is 11.2. The average molecular weight is 313 g/mol. The minimum atomic E-state index is -0.0794. The van der Waals surface area contributed by atoms with E-state index in [1.165, 1.54) is 23.0 Å². The summed E-state index contributed by atoms with van der Waals surface area (Å²) >= 11 is 5.15. The first-order valence-electron chi connectivity index (χ1n) is 6.29. The van der Waals surface area contributed by atoms with Crippen molar-refractivity contribution in [2.24, 2.45) is 5.10 Å². The lowest BCUT2D eigenvalue weighted by atomic mass is 10.2. The van der Waals surface area contributed by atoms with Gasteiger partial charge in [0.15, 0.2) is 5.82 Å². The van der Waals surface area contributed by atoms with E-state index in [2.05, 4.69) is 20.3 Å². The first-order chi connectivity index (χ1) is 10.6. The van der Waals surface area contributed by atoms with Crippen LogP contribution in [0.15, 0.2) is 47.8 Å². The molecule has 0 spiro atoms. The highest BCUT2D eigenvalue weighted by Crippen LogP contribution is 2.21. The Hall–Kier alpha value is -3.00. The number of hydrogen-bond donors (Lipinski definition) is 3. The van der Waals surface area contributed by atoms with E-state index in [4.69, 9.17) is 12.2 Å². The number of phenolic OH excluding ortho intramolecular Hbond substituents is 2. The normalized spacial score (nSPS) is 11.1. The first-order valence-corrected chi connectivity index (χ1v) is 6.70. The van der Waals surface area contributed by atoms with Gasteiger partial charge >= 0.3 is 0 Å². The lowest BCUT2D eigenvalue weighted by Gasteiger charge is -2.01. The van der Waals surface area contributed by atoms with E-state index in [9.17, 15) is 10.2 Å². The fourth-order valence-corrected chi connectivity index (χ4v) is 2.03. The quantitative estimate of drug-likeness (QED) is 0.509. The number of rotatable bonds is 3. The maximum Gasteiger partial charge on any atom is 0.216 e. The third-order valence-electron chi connectivity index (χ3n) is 2.92. The summed E-state index contributed by atoms with van der Waals surface area (Å²) in [6.45, 7) is 0. The van der Waals surface area contributed by atoms with Crippen LogP contribution in [0.25, 0.3) is 11.4 Å². The molecule has 3 rings (SSSR count). The summed E-state index contributed by atoms with van der Waals surface area (Å²) in [7, 11) is 0. The SMILES string of the molecule is Oc1ccc(/C=N\n2c(-c3ccncc3)n[nH]c2=S)c(O)c1. The van der Waals surface area contributed by atoms with Crippen molar-refractivity contribution in [3.05, 3.63) is 53.1 Å². The number of aromatic nitrogens is 4. The van der Waals surface area contributed by atoms with Gasteiger partial charge in [0.2, 0.25) is 4.77 Å². The molecule has 3 aromatic rings. The van der Waals surface area contributed by atoms with Crippen LogP contribution < -0.4 is 0 Å². The third kappa shape index (κ3) is 2.72. The van der Waals surface area contributed by atoms with E-state index in [1.807, 2.05) is 0 Å². The molecule has 0 fully saturated rings. The van der Waals surface area contributed by atoms with Crippen LogP contribution in [0.4, 0.5) is 0 Å². The van der Waals surface area contributed by atoms with Crippen molar-refractivity contribution in [2.75, 3.05) is 0 Å². The highest BCUT2D eigenvalue weighted by atomic mass is 32.1. The highest BCUT2D eigenvalue weighted by Gasteiger charge is 2.07. The van der Waals surface area contributed by atoms with Gasteiger partial charge in [0, 0.05) is 29.6 Å². The summed E-state index contributed by atoms with van der Waals surface area (Å²) in [5, 5.41) is 30.1. The largest absolute Gasteiger partial charge is 0.508 e. The molecule has 0 amide bonds. The lowest BCUT2D eigenvalue weighted by molar-refractivity contribution is 0.450. The smallest absolute Gasteiger partial charge is 0.216 e. The highest BCUT2D eigenvalue weighted by molar-refractivity contribution is 7.71. The summed E-state index contributed by atoms with van der Waals surface area (Å²) in [6, 6.07) is 7.81. The molecule has 0 atom stereocenters. The molecule has 0 radical (unpaired) electrons. The molecular formula is C14H11N5O2S. The molecule has 0 unspecified atom stereocenters. The second-order valence-electron chi connectivity index (χ2n) is 4.39. The van der Waals surface area contributed by atoms with Crippen molar-refractivity contribution in [2.45, 2.75) is 0 Å². The van der Waals surface area contributed by atoms with Gasteiger partial charge in [-0.2, -0.15) is 14.9 Å². The number of aromatic hydroxyl groups is 2. The zero-order valence-corrected chi connectivity index (χ0v) is 12.0. The van der Waals surface area contributed by atoms with Crippen LogP contribution in [0.3, 0.4) is 0 Å². The zero-order chi connectivity index (χ0) is 15.5. The Morgan fingerprint density at radius 2 is 1.95 bits per heavy atom. The molecule has 3 N–H and O–H groups in total. The van der Waals surface area contributed by atoms with Gasteiger partial charge in [-0.05, 0) is 36.5 Å². The number of hydrogen-bond acceptors (Lipinski definition) is 6. The molecule has 1 aromatic carbocycles. The maximum absolute atomic E-state index is 9.76. The van der Waals surface area contributed by atoms with Crippen LogP contribution in [0, 0.1) is 4.77 Å². The van der Waals surface area contributed by atoms with Gasteiger partial charge < -0.3 is 10.2 Å². The van der Waals surface area contributed by atoms with Crippen LogP contribution in [-0.2, 0) is 0 Å². The van der Waals surface area contributed by atoms with Gasteiger partial charge in [0.1, 0.15) is 11.5 Å². The van der Waals surface area contributed by atoms with Gasteiger partial charge in [-0.25, -0.2) is 5.10 Å². The number of pyridine rings is 1. The molecule has 0 saturated heterocycles. The van der Waals surface area contributed by atoms with Gasteiger partial charge in [-0.1, -0.05) is 0 Å². The standard InChI is InChI=1S/C14H11N5O2S/c20-11-2-1-10(12(21)7-11)8-16-19-13(17-18-14(19)22)9-3-5-15-6-4-9/h1-8,20-21H,(H,18,22)/b16-8-. The van der Waals surface area contributed by atoms with Crippen molar-refractivity contribution in [3.63, 3.8) is 0 Å². The van der Waals surface area contributed by atoms with Crippen LogP contribution in [0.5, 0.6) is 11.5 Å². The molecule has 0 aliphatic heterocycles. The predicted octanol–water partition coefficient (Wildman–Crippen LogP) is 2.30. The van der Waals surface area contributed by atoms with E-state index in [-0.39, 0.29) is 11.5 Å². The van der Waals surface area contributed by atoms with E-state index in [0.717, 1.165) is 5.56 Å². The van der Waals surface area contributed by atoms with Crippen LogP contribution in [0.2, 0.25) is 0 Å². The van der Waals surface area contributed by atoms with Crippen molar-refractivity contribution in [1.82, 2.24) is 19.9 Å². The molecule has 8 heteroatoms. The summed E-state index contributed by atoms with van der Waals surface area (Å²) in [5.74, 6) is 0.429. The van der Waals surface area contributed by atoms with Crippen molar-refractivity contribution in [3.8, 4) is 22.9 Å². The average Bonchev–Trinajstić information content (AvgIpc) is 2.88. The molecular weight excluding hydrogens is 302 g/mol. The Balaban J connectivity index is 2.01. The summed E-state index contributed by atoms with van der Waals surface area (Å²) in [4.78, 5) is 3.95. The first kappa shape index (κ1) is 14.0. The Morgan fingerprint density at radius 1 is 1.18 bits per heavy atom. The topological polar surface area (TPSA) is 99.3 Å². The van der Waals surface area contributed by atoms with Crippen molar-refractivity contribution < 1.29 is 10.2 Å². The van der Waals surface area contributed by atoms with Gasteiger partial charge in [0.25, 0.3) is 0 Å². The van der Waals surface area contributed by atoms with Gasteiger partial charge in [-0.3, -0.25) is 4.98 Å². The lowest BCUT2D eigenvalue weighted by Crippen LogP contribution is -1.95. The third-order valence-corrected chi connectivity index (χ3v) is 3.18. The van der Waals surface area contributed by atoms with E-state index >= 15 is 0 Å². The second-order valence-corrected chi connectivity index (χ2v) is 4.77. The minimum Gasteiger partial charge on any atom is -0.508 e. The molecule has 22 heavy (non-hydrogen) atoms. The monoisotopic (exact) mass is 313 g/mol. The summed E-state index contributed by atoms with van der Waals surface area (Å²) in [6.07, 6.45) is 4.73. The molecule has 2 aromatic heterocycles.